The van der Waals surface area contributed by atoms with Gasteiger partial charge in [-0.25, -0.2) is 9.86 Å². The first-order chi connectivity index (χ1) is 22.1. The molecule has 2 aliphatic rings. The van der Waals surface area contributed by atoms with Crippen LogP contribution in [-0.2, 0) is 42.0 Å². The van der Waals surface area contributed by atoms with Crippen LogP contribution in [0.5, 0.6) is 23.0 Å². The molecule has 3 aromatic carbocycles. The molecule has 3 aromatic rings. The van der Waals surface area contributed by atoms with Gasteiger partial charge in [0.25, 0.3) is 5.91 Å². The Kier molecular flexibility index (Phi) is 9.68. The van der Waals surface area contributed by atoms with Crippen LogP contribution in [0.1, 0.15) is 18.1 Å². The number of carbonyl (C=O) groups excluding carboxylic acids is 4. The fraction of sp³-hybridized carbons (Fsp3) is 0.250. The number of ether oxygens (including phenoxy) is 3. The number of fused-ring (bicyclic) bond motifs is 1. The third-order valence-corrected chi connectivity index (χ3v) is 8.83. The predicted octanol–water partition coefficient (Wildman–Crippen LogP) is 3.30. The monoisotopic (exact) mass is 649 g/mol. The molecule has 14 heteroatoms. The Hall–Kier alpha value is -5.21. The Bertz CT molecular complexity index is 1650. The molecule has 2 N–H and O–H groups in total. The summed E-state index contributed by atoms with van der Waals surface area (Å²) in [5.41, 5.74) is 1.34. The minimum Gasteiger partial charge on any atom is -0.508 e. The number of phenolic OH excluding ortho intramolecular Hbond substituents is 2. The maximum atomic E-state index is 13.6. The van der Waals surface area contributed by atoms with E-state index < -0.39 is 40.3 Å². The molecule has 0 aliphatic carbocycles. The first-order valence-electron chi connectivity index (χ1n) is 14.0. The molecule has 3 atom stereocenters. The van der Waals surface area contributed by atoms with Crippen molar-refractivity contribution in [3.05, 3.63) is 89.6 Å². The molecular weight excluding hydrogens is 618 g/mol. The zero-order valence-electron chi connectivity index (χ0n) is 25.1. The summed E-state index contributed by atoms with van der Waals surface area (Å²) in [6, 6.07) is 16.4. The lowest BCUT2D eigenvalue weighted by molar-refractivity contribution is -0.212. The summed E-state index contributed by atoms with van der Waals surface area (Å²) in [5.74, 6) is -1.25. The third kappa shape index (κ3) is 6.57. The molecule has 3 amide bonds. The highest BCUT2D eigenvalue weighted by atomic mass is 32.2. The quantitative estimate of drug-likeness (QED) is 0.129. The van der Waals surface area contributed by atoms with Crippen LogP contribution in [0.4, 0.5) is 5.69 Å². The van der Waals surface area contributed by atoms with Gasteiger partial charge in [-0.15, -0.1) is 11.8 Å². The standard InChI is InChI=1S/C32H31N3O10S/c1-19(37)35(26-13-8-22(38)14-27(26)39)30-25(32(41)44-16-20-4-9-23(42-2)10-5-20)15-33-29(40)28(31(33)46-30)34(18-36)45-17-21-6-11-24(43-3)12-7-21/h4-15,18,28,30-31,38-39H,16-17H2,1-3H3/t28?,30?,31-/m1/s1. The summed E-state index contributed by atoms with van der Waals surface area (Å²) in [4.78, 5) is 60.3. The lowest BCUT2D eigenvalue weighted by Crippen LogP contribution is -2.69. The molecule has 5 rings (SSSR count). The number of β-lactam (4-membered cyclic amide) rings is 1. The minimum atomic E-state index is -1.11. The summed E-state index contributed by atoms with van der Waals surface area (Å²) in [6.45, 7) is 1.12. The molecule has 2 unspecified atom stereocenters. The van der Waals surface area contributed by atoms with Crippen molar-refractivity contribution in [2.24, 2.45) is 0 Å². The maximum Gasteiger partial charge on any atom is 0.338 e. The number of esters is 1. The molecular formula is C32H31N3O10S. The van der Waals surface area contributed by atoms with E-state index >= 15 is 0 Å². The van der Waals surface area contributed by atoms with Crippen LogP contribution in [0, 0.1) is 0 Å². The first kappa shape index (κ1) is 32.2. The van der Waals surface area contributed by atoms with Gasteiger partial charge in [0, 0.05) is 19.2 Å². The fourth-order valence-electron chi connectivity index (χ4n) is 4.93. The van der Waals surface area contributed by atoms with Gasteiger partial charge in [0.1, 0.15) is 47.0 Å². The van der Waals surface area contributed by atoms with E-state index in [9.17, 15) is 29.4 Å². The number of methoxy groups -OCH3 is 2. The van der Waals surface area contributed by atoms with Crippen molar-refractivity contribution in [1.82, 2.24) is 9.96 Å². The number of amides is 3. The highest BCUT2D eigenvalue weighted by Crippen LogP contribution is 2.46. The van der Waals surface area contributed by atoms with Crippen molar-refractivity contribution in [2.45, 2.75) is 36.9 Å². The molecule has 0 saturated carbocycles. The van der Waals surface area contributed by atoms with E-state index in [1.165, 1.54) is 42.2 Å². The van der Waals surface area contributed by atoms with Crippen molar-refractivity contribution >= 4 is 41.6 Å². The largest absolute Gasteiger partial charge is 0.508 e. The number of aromatic hydroxyl groups is 2. The van der Waals surface area contributed by atoms with Crippen LogP contribution in [-0.4, -0.2) is 75.4 Å². The Balaban J connectivity index is 1.42. The Labute approximate surface area is 268 Å². The number of hydroxylamine groups is 2. The van der Waals surface area contributed by atoms with Gasteiger partial charge < -0.3 is 29.3 Å². The lowest BCUT2D eigenvalue weighted by atomic mass is 10.1. The van der Waals surface area contributed by atoms with Crippen LogP contribution in [0.15, 0.2) is 78.5 Å². The van der Waals surface area contributed by atoms with Crippen LogP contribution in [0.2, 0.25) is 0 Å². The maximum absolute atomic E-state index is 13.6. The van der Waals surface area contributed by atoms with Crippen LogP contribution < -0.4 is 14.4 Å². The Morgan fingerprint density at radius 2 is 1.54 bits per heavy atom. The topological polar surface area (TPSA) is 155 Å². The van der Waals surface area contributed by atoms with Crippen molar-refractivity contribution in [2.75, 3.05) is 19.1 Å². The van der Waals surface area contributed by atoms with Gasteiger partial charge in [0.2, 0.25) is 12.3 Å². The van der Waals surface area contributed by atoms with E-state index in [1.54, 1.807) is 55.6 Å². The fourth-order valence-corrected chi connectivity index (χ4v) is 6.56. The van der Waals surface area contributed by atoms with E-state index in [0.717, 1.165) is 28.5 Å². The molecule has 0 spiro atoms. The molecule has 2 aliphatic heterocycles. The van der Waals surface area contributed by atoms with E-state index in [4.69, 9.17) is 19.0 Å². The number of phenols is 2. The second-order valence-corrected chi connectivity index (χ2v) is 11.4. The van der Waals surface area contributed by atoms with Crippen molar-refractivity contribution in [3.63, 3.8) is 0 Å². The van der Waals surface area contributed by atoms with Crippen molar-refractivity contribution in [1.29, 1.82) is 0 Å². The minimum absolute atomic E-state index is 0.00954. The highest BCUT2D eigenvalue weighted by molar-refractivity contribution is 8.01. The van der Waals surface area contributed by atoms with E-state index in [2.05, 4.69) is 0 Å². The Morgan fingerprint density at radius 1 is 0.935 bits per heavy atom. The first-order valence-corrected chi connectivity index (χ1v) is 14.9. The summed E-state index contributed by atoms with van der Waals surface area (Å²) in [7, 11) is 3.07. The molecule has 0 radical (unpaired) electrons. The number of thioether (sulfide) groups is 1. The second-order valence-electron chi connectivity index (χ2n) is 10.2. The van der Waals surface area contributed by atoms with E-state index in [0.29, 0.717) is 23.5 Å². The number of rotatable bonds is 12. The van der Waals surface area contributed by atoms with Gasteiger partial charge >= 0.3 is 5.97 Å². The van der Waals surface area contributed by atoms with Crippen molar-refractivity contribution in [3.8, 4) is 23.0 Å². The number of benzene rings is 3. The van der Waals surface area contributed by atoms with Gasteiger partial charge in [-0.2, -0.15) is 0 Å². The molecule has 0 aromatic heterocycles. The average Bonchev–Trinajstić information content (AvgIpc) is 3.06. The summed E-state index contributed by atoms with van der Waals surface area (Å²) >= 11 is 1.02. The van der Waals surface area contributed by atoms with Crippen LogP contribution in [0.3, 0.4) is 0 Å². The predicted molar refractivity (Wildman–Crippen MR) is 165 cm³/mol. The molecule has 0 bridgehead atoms. The number of anilines is 1. The highest BCUT2D eigenvalue weighted by Gasteiger charge is 2.56. The van der Waals surface area contributed by atoms with Gasteiger partial charge in [0.15, 0.2) is 6.04 Å². The summed E-state index contributed by atoms with van der Waals surface area (Å²) in [6.07, 6.45) is 1.69. The Morgan fingerprint density at radius 3 is 2.09 bits per heavy atom. The van der Waals surface area contributed by atoms with E-state index in [-0.39, 0.29) is 30.2 Å². The summed E-state index contributed by atoms with van der Waals surface area (Å²) < 4.78 is 15.9. The van der Waals surface area contributed by atoms with Gasteiger partial charge in [0.05, 0.1) is 25.5 Å². The average molecular weight is 650 g/mol. The van der Waals surface area contributed by atoms with Crippen LogP contribution in [0.25, 0.3) is 0 Å². The van der Waals surface area contributed by atoms with Gasteiger partial charge in [-0.05, 0) is 47.5 Å². The molecule has 1 saturated heterocycles. The smallest absolute Gasteiger partial charge is 0.338 e. The van der Waals surface area contributed by atoms with Gasteiger partial charge in [-0.1, -0.05) is 24.3 Å². The van der Waals surface area contributed by atoms with Crippen LogP contribution >= 0.6 is 11.8 Å². The normalized spacial score (nSPS) is 18.4. The number of carbonyl (C=O) groups is 4. The number of nitrogens with zero attached hydrogens (tertiary/aromatic N) is 3. The van der Waals surface area contributed by atoms with Gasteiger partial charge in [-0.3, -0.25) is 24.1 Å². The number of hydrogen-bond donors (Lipinski definition) is 2. The van der Waals surface area contributed by atoms with E-state index in [1.807, 2.05) is 0 Å². The SMILES string of the molecule is COc1ccc(COC(=O)C2=CN3C(=O)C(N(C=O)OCc4ccc(OC)cc4)[C@H]3SC2N(C(C)=O)c2ccc(O)cc2O)cc1. The zero-order chi connectivity index (χ0) is 33.0. The third-order valence-electron chi connectivity index (χ3n) is 7.34. The molecule has 2 heterocycles. The zero-order valence-corrected chi connectivity index (χ0v) is 25.9. The second kappa shape index (κ2) is 13.8. The molecule has 46 heavy (non-hydrogen) atoms. The summed E-state index contributed by atoms with van der Waals surface area (Å²) in [5, 5.41) is 19.6. The molecule has 13 nitrogen and oxygen atoms in total. The molecule has 240 valence electrons. The lowest BCUT2D eigenvalue weighted by Gasteiger charge is -2.51. The number of hydrogen-bond acceptors (Lipinski definition) is 11. The molecule has 1 fully saturated rings. The van der Waals surface area contributed by atoms with Crippen molar-refractivity contribution < 1.29 is 48.4 Å².